The van der Waals surface area contributed by atoms with E-state index in [2.05, 4.69) is 15.3 Å². The summed E-state index contributed by atoms with van der Waals surface area (Å²) in [7, 11) is 1.33. The number of rotatable bonds is 7. The zero-order chi connectivity index (χ0) is 20.6. The fourth-order valence-corrected chi connectivity index (χ4v) is 2.56. The summed E-state index contributed by atoms with van der Waals surface area (Å²) >= 11 is 5.95. The Morgan fingerprint density at radius 3 is 2.59 bits per heavy atom. The molecular weight excluding hydrogens is 396 g/mol. The van der Waals surface area contributed by atoms with Crippen molar-refractivity contribution < 1.29 is 23.5 Å². The first-order valence-corrected chi connectivity index (χ1v) is 8.92. The molecule has 0 spiro atoms. The number of furan rings is 1. The van der Waals surface area contributed by atoms with Gasteiger partial charge in [-0.05, 0) is 36.4 Å². The molecule has 2 aromatic carbocycles. The normalized spacial score (nSPS) is 10.7. The Hall–Kier alpha value is -3.58. The van der Waals surface area contributed by atoms with Crippen molar-refractivity contribution in [3.63, 3.8) is 0 Å². The van der Waals surface area contributed by atoms with Crippen molar-refractivity contribution in [3.8, 4) is 17.1 Å². The fraction of sp³-hybridized carbons (Fsp3) is 0.0952. The number of amides is 1. The Morgan fingerprint density at radius 1 is 1.10 bits per heavy atom. The van der Waals surface area contributed by atoms with E-state index in [1.807, 2.05) is 0 Å². The van der Waals surface area contributed by atoms with Gasteiger partial charge in [-0.3, -0.25) is 4.79 Å². The van der Waals surface area contributed by atoms with Crippen LogP contribution in [0, 0.1) is 0 Å². The minimum absolute atomic E-state index is 0.225. The van der Waals surface area contributed by atoms with E-state index in [0.29, 0.717) is 27.9 Å². The molecule has 1 amide bonds. The Balaban J connectivity index is 1.53. The SMILES string of the molecule is COC(=O)c1ccc(-c2ccc(/C=N\NC(=O)COc3ccccc3Cl)o2)cc1. The quantitative estimate of drug-likeness (QED) is 0.361. The van der Waals surface area contributed by atoms with Crippen LogP contribution in [0.25, 0.3) is 11.3 Å². The van der Waals surface area contributed by atoms with E-state index in [-0.39, 0.29) is 6.61 Å². The summed E-state index contributed by atoms with van der Waals surface area (Å²) in [6.45, 7) is -0.225. The van der Waals surface area contributed by atoms with E-state index >= 15 is 0 Å². The topological polar surface area (TPSA) is 90.1 Å². The highest BCUT2D eigenvalue weighted by Gasteiger charge is 2.08. The Morgan fingerprint density at radius 2 is 1.86 bits per heavy atom. The van der Waals surface area contributed by atoms with Crippen LogP contribution in [0.1, 0.15) is 16.1 Å². The number of carbonyl (C=O) groups is 2. The first-order valence-electron chi connectivity index (χ1n) is 8.54. The minimum atomic E-state index is -0.439. The largest absolute Gasteiger partial charge is 0.482 e. The third kappa shape index (κ3) is 5.46. The number of methoxy groups -OCH3 is 1. The number of carbonyl (C=O) groups excluding carboxylic acids is 2. The zero-order valence-electron chi connectivity index (χ0n) is 15.4. The minimum Gasteiger partial charge on any atom is -0.482 e. The molecule has 1 heterocycles. The molecule has 1 aromatic heterocycles. The number of nitrogens with one attached hydrogen (secondary N) is 1. The molecule has 3 aromatic rings. The molecule has 3 rings (SSSR count). The van der Waals surface area contributed by atoms with Crippen LogP contribution in [0.5, 0.6) is 5.75 Å². The van der Waals surface area contributed by atoms with Gasteiger partial charge in [-0.2, -0.15) is 5.10 Å². The Bertz CT molecular complexity index is 1030. The van der Waals surface area contributed by atoms with E-state index in [1.54, 1.807) is 60.7 Å². The second kappa shape index (κ2) is 9.57. The maximum absolute atomic E-state index is 11.8. The molecule has 0 atom stereocenters. The number of nitrogens with zero attached hydrogens (tertiary/aromatic N) is 1. The van der Waals surface area contributed by atoms with Crippen LogP contribution in [-0.2, 0) is 9.53 Å². The zero-order valence-corrected chi connectivity index (χ0v) is 16.2. The van der Waals surface area contributed by atoms with Crippen LogP contribution in [0.3, 0.4) is 0 Å². The van der Waals surface area contributed by atoms with Gasteiger partial charge < -0.3 is 13.9 Å². The third-order valence-electron chi connectivity index (χ3n) is 3.79. The molecule has 0 fully saturated rings. The highest BCUT2D eigenvalue weighted by atomic mass is 35.5. The molecule has 0 unspecified atom stereocenters. The van der Waals surface area contributed by atoms with Crippen LogP contribution in [0.2, 0.25) is 5.02 Å². The van der Waals surface area contributed by atoms with Crippen LogP contribution in [-0.4, -0.2) is 31.8 Å². The Labute approximate surface area is 171 Å². The number of hydrogen-bond acceptors (Lipinski definition) is 6. The molecule has 1 N–H and O–H groups in total. The molecule has 0 radical (unpaired) electrons. The molecule has 0 aliphatic carbocycles. The molecule has 0 aliphatic heterocycles. The lowest BCUT2D eigenvalue weighted by atomic mass is 10.1. The van der Waals surface area contributed by atoms with Gasteiger partial charge in [0.25, 0.3) is 5.91 Å². The van der Waals surface area contributed by atoms with Gasteiger partial charge in [0, 0.05) is 5.56 Å². The summed E-state index contributed by atoms with van der Waals surface area (Å²) in [6, 6.07) is 17.1. The molecule has 0 bridgehead atoms. The highest BCUT2D eigenvalue weighted by molar-refractivity contribution is 6.32. The third-order valence-corrected chi connectivity index (χ3v) is 4.11. The average Bonchev–Trinajstić information content (AvgIpc) is 3.21. The van der Waals surface area contributed by atoms with Crippen molar-refractivity contribution in [2.24, 2.45) is 5.10 Å². The van der Waals surface area contributed by atoms with Gasteiger partial charge >= 0.3 is 5.97 Å². The molecule has 7 nitrogen and oxygen atoms in total. The summed E-state index contributed by atoms with van der Waals surface area (Å²) in [4.78, 5) is 23.3. The standard InChI is InChI=1S/C21H17ClN2O5/c1-27-21(26)15-8-6-14(7-9-15)18-11-10-16(29-18)12-23-24-20(25)13-28-19-5-3-2-4-17(19)22/h2-12H,13H2,1H3,(H,24,25)/b23-12-. The van der Waals surface area contributed by atoms with Gasteiger partial charge in [-0.1, -0.05) is 35.9 Å². The van der Waals surface area contributed by atoms with E-state index in [0.717, 1.165) is 5.56 Å². The van der Waals surface area contributed by atoms with Crippen molar-refractivity contribution in [3.05, 3.63) is 77.0 Å². The van der Waals surface area contributed by atoms with Crippen LogP contribution < -0.4 is 10.2 Å². The lowest BCUT2D eigenvalue weighted by Crippen LogP contribution is -2.24. The van der Waals surface area contributed by atoms with Crippen LogP contribution in [0.4, 0.5) is 0 Å². The monoisotopic (exact) mass is 412 g/mol. The van der Waals surface area contributed by atoms with Gasteiger partial charge in [0.2, 0.25) is 0 Å². The average molecular weight is 413 g/mol. The lowest BCUT2D eigenvalue weighted by Gasteiger charge is -2.06. The summed E-state index contributed by atoms with van der Waals surface area (Å²) in [6.07, 6.45) is 1.37. The Kier molecular flexibility index (Phi) is 6.65. The molecule has 148 valence electrons. The number of para-hydroxylation sites is 1. The van der Waals surface area contributed by atoms with Crippen molar-refractivity contribution in [2.45, 2.75) is 0 Å². The number of hydrogen-bond donors (Lipinski definition) is 1. The second-order valence-electron chi connectivity index (χ2n) is 5.78. The van der Waals surface area contributed by atoms with Gasteiger partial charge in [0.05, 0.1) is 23.9 Å². The van der Waals surface area contributed by atoms with Gasteiger partial charge in [0.15, 0.2) is 6.61 Å². The molecule has 0 saturated heterocycles. The number of benzene rings is 2. The van der Waals surface area contributed by atoms with Gasteiger partial charge in [0.1, 0.15) is 17.3 Å². The van der Waals surface area contributed by atoms with Gasteiger partial charge in [-0.15, -0.1) is 0 Å². The van der Waals surface area contributed by atoms with Crippen molar-refractivity contribution in [1.82, 2.24) is 5.43 Å². The molecule has 0 saturated carbocycles. The van der Waals surface area contributed by atoms with Crippen LogP contribution in [0.15, 0.2) is 70.2 Å². The van der Waals surface area contributed by atoms with E-state index in [9.17, 15) is 9.59 Å². The maximum atomic E-state index is 11.8. The number of ether oxygens (including phenoxy) is 2. The summed E-state index contributed by atoms with van der Waals surface area (Å²) in [5.74, 6) is 0.618. The predicted molar refractivity (Wildman–Crippen MR) is 108 cm³/mol. The molecule has 0 aliphatic rings. The summed E-state index contributed by atoms with van der Waals surface area (Å²) in [5, 5.41) is 4.26. The lowest BCUT2D eigenvalue weighted by molar-refractivity contribution is -0.123. The number of hydrazone groups is 1. The first kappa shape index (κ1) is 20.2. The number of halogens is 1. The summed E-state index contributed by atoms with van der Waals surface area (Å²) < 4.78 is 15.6. The maximum Gasteiger partial charge on any atom is 0.337 e. The first-order chi connectivity index (χ1) is 14.1. The van der Waals surface area contributed by atoms with Crippen molar-refractivity contribution in [1.29, 1.82) is 0 Å². The van der Waals surface area contributed by atoms with Crippen molar-refractivity contribution in [2.75, 3.05) is 13.7 Å². The smallest absolute Gasteiger partial charge is 0.337 e. The highest BCUT2D eigenvalue weighted by Crippen LogP contribution is 2.23. The summed E-state index contributed by atoms with van der Waals surface area (Å²) in [5.41, 5.74) is 3.58. The molecule has 8 heteroatoms. The molecular formula is C21H17ClN2O5. The van der Waals surface area contributed by atoms with Gasteiger partial charge in [-0.25, -0.2) is 10.2 Å². The number of esters is 1. The molecule has 29 heavy (non-hydrogen) atoms. The van der Waals surface area contributed by atoms with E-state index in [1.165, 1.54) is 13.3 Å². The predicted octanol–water partition coefficient (Wildman–Crippen LogP) is 3.92. The van der Waals surface area contributed by atoms with Crippen LogP contribution >= 0.6 is 11.6 Å². The van der Waals surface area contributed by atoms with Crippen molar-refractivity contribution >= 4 is 29.7 Å². The fourth-order valence-electron chi connectivity index (χ4n) is 2.37. The van der Waals surface area contributed by atoms with E-state index < -0.39 is 11.9 Å². The van der Waals surface area contributed by atoms with E-state index in [4.69, 9.17) is 20.8 Å². The second-order valence-corrected chi connectivity index (χ2v) is 6.19.